The van der Waals surface area contributed by atoms with E-state index >= 15 is 0 Å². The standard InChI is InChI=1S/C10H12N/c1-11(2)9-8-10-6-4-3-5-7-10/h3-7,9H,1-2H3. The fraction of sp³-hybridized carbons (Fsp3) is 0.200. The van der Waals surface area contributed by atoms with E-state index in [1.54, 1.807) is 0 Å². The van der Waals surface area contributed by atoms with E-state index in [9.17, 15) is 0 Å². The van der Waals surface area contributed by atoms with Crippen LogP contribution < -0.4 is 0 Å². The molecular weight excluding hydrogens is 134 g/mol. The Labute approximate surface area is 68.0 Å². The van der Waals surface area contributed by atoms with Crippen LogP contribution in [0.4, 0.5) is 0 Å². The van der Waals surface area contributed by atoms with Crippen molar-refractivity contribution in [1.82, 2.24) is 4.90 Å². The van der Waals surface area contributed by atoms with E-state index in [0.717, 1.165) is 5.56 Å². The molecule has 0 spiro atoms. The van der Waals surface area contributed by atoms with Crippen LogP contribution >= 0.6 is 0 Å². The molecule has 0 heterocycles. The van der Waals surface area contributed by atoms with E-state index in [1.807, 2.05) is 55.5 Å². The molecule has 1 rings (SSSR count). The third-order valence-electron chi connectivity index (χ3n) is 1.26. The predicted octanol–water partition coefficient (Wildman–Crippen LogP) is 1.91. The Balaban J connectivity index is 2.65. The lowest BCUT2D eigenvalue weighted by atomic mass is 10.2. The molecule has 0 aromatic heterocycles. The van der Waals surface area contributed by atoms with Crippen LogP contribution in [-0.4, -0.2) is 19.0 Å². The lowest BCUT2D eigenvalue weighted by Crippen LogP contribution is -2.00. The van der Waals surface area contributed by atoms with Gasteiger partial charge in [0, 0.05) is 26.4 Å². The van der Waals surface area contributed by atoms with Crippen LogP contribution in [0.5, 0.6) is 0 Å². The van der Waals surface area contributed by atoms with E-state index in [4.69, 9.17) is 0 Å². The number of rotatable bonds is 2. The summed E-state index contributed by atoms with van der Waals surface area (Å²) in [7, 11) is 3.96. The first-order valence-corrected chi connectivity index (χ1v) is 3.60. The summed E-state index contributed by atoms with van der Waals surface area (Å²) in [6.45, 7) is 0. The Kier molecular flexibility index (Phi) is 2.73. The molecule has 0 saturated heterocycles. The van der Waals surface area contributed by atoms with Crippen molar-refractivity contribution in [1.29, 1.82) is 0 Å². The smallest absolute Gasteiger partial charge is 0.00716 e. The van der Waals surface area contributed by atoms with Crippen LogP contribution in [-0.2, 0) is 0 Å². The van der Waals surface area contributed by atoms with E-state index in [2.05, 4.69) is 6.08 Å². The second-order valence-electron chi connectivity index (χ2n) is 2.60. The normalized spacial score (nSPS) is 10.4. The van der Waals surface area contributed by atoms with Gasteiger partial charge in [-0.05, 0) is 5.56 Å². The van der Waals surface area contributed by atoms with Gasteiger partial charge in [-0.15, -0.1) is 0 Å². The summed E-state index contributed by atoms with van der Waals surface area (Å²) in [6.07, 6.45) is 5.06. The molecule has 11 heavy (non-hydrogen) atoms. The monoisotopic (exact) mass is 146 g/mol. The lowest BCUT2D eigenvalue weighted by molar-refractivity contribution is 0.561. The van der Waals surface area contributed by atoms with Crippen LogP contribution in [0.3, 0.4) is 0 Å². The van der Waals surface area contributed by atoms with Gasteiger partial charge in [0.05, 0.1) is 0 Å². The maximum atomic E-state index is 3.14. The summed E-state index contributed by atoms with van der Waals surface area (Å²) in [5.41, 5.74) is 1.11. The van der Waals surface area contributed by atoms with Crippen molar-refractivity contribution in [2.75, 3.05) is 14.1 Å². The summed E-state index contributed by atoms with van der Waals surface area (Å²) in [5.74, 6) is 0. The zero-order valence-electron chi connectivity index (χ0n) is 6.91. The molecule has 1 heteroatoms. The molecule has 0 bridgehead atoms. The van der Waals surface area contributed by atoms with E-state index in [0.29, 0.717) is 0 Å². The minimum atomic E-state index is 1.11. The van der Waals surface area contributed by atoms with Crippen LogP contribution in [0.1, 0.15) is 5.56 Å². The molecule has 0 aliphatic rings. The Morgan fingerprint density at radius 1 is 1.18 bits per heavy atom. The van der Waals surface area contributed by atoms with Crippen molar-refractivity contribution in [3.63, 3.8) is 0 Å². The van der Waals surface area contributed by atoms with Crippen molar-refractivity contribution in [2.45, 2.75) is 0 Å². The second kappa shape index (κ2) is 3.81. The fourth-order valence-electron chi connectivity index (χ4n) is 0.738. The van der Waals surface area contributed by atoms with Gasteiger partial charge in [0.1, 0.15) is 0 Å². The van der Waals surface area contributed by atoms with Crippen molar-refractivity contribution in [2.24, 2.45) is 0 Å². The van der Waals surface area contributed by atoms with Gasteiger partial charge >= 0.3 is 0 Å². The maximum absolute atomic E-state index is 3.14. The minimum Gasteiger partial charge on any atom is -0.383 e. The summed E-state index contributed by atoms with van der Waals surface area (Å²) in [6, 6.07) is 10.1. The van der Waals surface area contributed by atoms with E-state index in [1.165, 1.54) is 0 Å². The van der Waals surface area contributed by atoms with Crippen molar-refractivity contribution in [3.8, 4) is 0 Å². The number of nitrogens with zero attached hydrogens (tertiary/aromatic N) is 1. The summed E-state index contributed by atoms with van der Waals surface area (Å²) in [4.78, 5) is 1.97. The van der Waals surface area contributed by atoms with Crippen LogP contribution in [0.25, 0.3) is 0 Å². The second-order valence-corrected chi connectivity index (χ2v) is 2.60. The van der Waals surface area contributed by atoms with Gasteiger partial charge in [-0.3, -0.25) is 0 Å². The van der Waals surface area contributed by atoms with Crippen molar-refractivity contribution < 1.29 is 0 Å². The van der Waals surface area contributed by atoms with Gasteiger partial charge in [0.25, 0.3) is 0 Å². The van der Waals surface area contributed by atoms with Crippen LogP contribution in [0.2, 0.25) is 0 Å². The Hall–Kier alpha value is -1.24. The average Bonchev–Trinajstić information content (AvgIpc) is 2.03. The van der Waals surface area contributed by atoms with Gasteiger partial charge in [0.2, 0.25) is 0 Å². The molecule has 1 radical (unpaired) electrons. The molecular formula is C10H12N. The van der Waals surface area contributed by atoms with Crippen molar-refractivity contribution in [3.05, 3.63) is 48.2 Å². The Morgan fingerprint density at radius 3 is 2.36 bits per heavy atom. The molecule has 0 fully saturated rings. The fourth-order valence-corrected chi connectivity index (χ4v) is 0.738. The van der Waals surface area contributed by atoms with Crippen molar-refractivity contribution >= 4 is 0 Å². The molecule has 0 aliphatic carbocycles. The zero-order chi connectivity index (χ0) is 8.10. The summed E-state index contributed by atoms with van der Waals surface area (Å²) in [5, 5.41) is 0. The topological polar surface area (TPSA) is 3.24 Å². The van der Waals surface area contributed by atoms with Gasteiger partial charge in [0.15, 0.2) is 0 Å². The van der Waals surface area contributed by atoms with Gasteiger partial charge in [-0.1, -0.05) is 30.3 Å². The zero-order valence-corrected chi connectivity index (χ0v) is 6.91. The Morgan fingerprint density at radius 2 is 1.82 bits per heavy atom. The third-order valence-corrected chi connectivity index (χ3v) is 1.26. The molecule has 0 atom stereocenters. The molecule has 1 aromatic rings. The highest BCUT2D eigenvalue weighted by molar-refractivity contribution is 5.21. The average molecular weight is 146 g/mol. The number of benzene rings is 1. The highest BCUT2D eigenvalue weighted by atomic mass is 15.0. The summed E-state index contributed by atoms with van der Waals surface area (Å²) < 4.78 is 0. The van der Waals surface area contributed by atoms with Gasteiger partial charge < -0.3 is 4.90 Å². The molecule has 57 valence electrons. The van der Waals surface area contributed by atoms with Gasteiger partial charge in [-0.25, -0.2) is 0 Å². The lowest BCUT2D eigenvalue weighted by Gasteiger charge is -2.01. The molecule has 0 N–H and O–H groups in total. The minimum absolute atomic E-state index is 1.11. The highest BCUT2D eigenvalue weighted by Gasteiger charge is 1.82. The molecule has 0 unspecified atom stereocenters. The largest absolute Gasteiger partial charge is 0.383 e. The summed E-state index contributed by atoms with van der Waals surface area (Å²) >= 11 is 0. The first-order chi connectivity index (χ1) is 5.29. The molecule has 0 amide bonds. The maximum Gasteiger partial charge on any atom is 0.00716 e. The van der Waals surface area contributed by atoms with Crippen LogP contribution in [0, 0.1) is 6.08 Å². The van der Waals surface area contributed by atoms with Gasteiger partial charge in [-0.2, -0.15) is 0 Å². The molecule has 0 aliphatic heterocycles. The predicted molar refractivity (Wildman–Crippen MR) is 47.0 cm³/mol. The first-order valence-electron chi connectivity index (χ1n) is 3.60. The number of hydrogen-bond acceptors (Lipinski definition) is 1. The van der Waals surface area contributed by atoms with E-state index in [-0.39, 0.29) is 0 Å². The quantitative estimate of drug-likeness (QED) is 0.616. The highest BCUT2D eigenvalue weighted by Crippen LogP contribution is 1.97. The Bertz CT molecular complexity index is 224. The molecule has 1 aromatic carbocycles. The van der Waals surface area contributed by atoms with Crippen LogP contribution in [0.15, 0.2) is 36.5 Å². The first kappa shape index (κ1) is 7.86. The molecule has 1 nitrogen and oxygen atoms in total. The third kappa shape index (κ3) is 2.89. The number of hydrogen-bond donors (Lipinski definition) is 0. The van der Waals surface area contributed by atoms with E-state index < -0.39 is 0 Å². The molecule has 0 saturated carbocycles. The SMILES string of the molecule is CN(C)C=[C]c1ccccc1.